The molecule has 1 rings (SSSR count). The molecule has 0 saturated heterocycles. The quantitative estimate of drug-likeness (QED) is 0.417. The summed E-state index contributed by atoms with van der Waals surface area (Å²) in [5, 5.41) is 23.8. The van der Waals surface area contributed by atoms with E-state index in [1.807, 2.05) is 20.2 Å². The summed E-state index contributed by atoms with van der Waals surface area (Å²) in [5.41, 5.74) is 0. The number of nitrogens with one attached hydrogen (secondary N) is 1. The Balaban J connectivity index is 0.000000364. The Hall–Kier alpha value is -1.34. The van der Waals surface area contributed by atoms with Gasteiger partial charge in [0.1, 0.15) is 18.8 Å². The van der Waals surface area contributed by atoms with Crippen molar-refractivity contribution in [1.82, 2.24) is 4.90 Å². The first-order chi connectivity index (χ1) is 6.41. The zero-order chi connectivity index (χ0) is 11.1. The molecule has 0 aliphatic carbocycles. The Morgan fingerprint density at radius 3 is 2.50 bits per heavy atom. The molecule has 0 aromatic heterocycles. The number of rotatable bonds is 2. The second-order valence-electron chi connectivity index (χ2n) is 3.17. The third-order valence-corrected chi connectivity index (χ3v) is 1.57. The van der Waals surface area contributed by atoms with Gasteiger partial charge in [-0.15, -0.1) is 0 Å². The lowest BCUT2D eigenvalue weighted by molar-refractivity contribution is -0.852. The minimum absolute atomic E-state index is 0.203. The average Bonchev–Trinajstić information content (AvgIpc) is 2.32. The van der Waals surface area contributed by atoms with Crippen molar-refractivity contribution in [2.75, 3.05) is 20.3 Å². The second-order valence-corrected chi connectivity index (χ2v) is 3.17. The van der Waals surface area contributed by atoms with Crippen molar-refractivity contribution in [3.05, 3.63) is 27.7 Å². The summed E-state index contributed by atoms with van der Waals surface area (Å²) in [6.07, 6.45) is 3.91. The van der Waals surface area contributed by atoms with Crippen LogP contribution in [0.1, 0.15) is 6.92 Å². The highest BCUT2D eigenvalue weighted by Gasteiger charge is 2.14. The molecule has 0 spiro atoms. The Kier molecular flexibility index (Phi) is 5.58. The maximum absolute atomic E-state index is 9.03. The Labute approximate surface area is 82.0 Å². The monoisotopic (exact) mass is 205 g/mol. The van der Waals surface area contributed by atoms with Crippen molar-refractivity contribution in [2.24, 2.45) is 0 Å². The highest BCUT2D eigenvalue weighted by atomic mass is 16.9. The second kappa shape index (κ2) is 6.17. The highest BCUT2D eigenvalue weighted by molar-refractivity contribution is 4.74. The lowest BCUT2D eigenvalue weighted by Crippen LogP contribution is -3.08. The van der Waals surface area contributed by atoms with Gasteiger partial charge in [-0.3, -0.25) is 4.90 Å². The molecular formula is C7H15N3O4. The van der Waals surface area contributed by atoms with Gasteiger partial charge in [-0.05, 0) is 6.92 Å². The van der Waals surface area contributed by atoms with Crippen molar-refractivity contribution in [3.8, 4) is 0 Å². The van der Waals surface area contributed by atoms with E-state index in [0.29, 0.717) is 0 Å². The lowest BCUT2D eigenvalue weighted by Gasteiger charge is -2.13. The zero-order valence-corrected chi connectivity index (χ0v) is 8.21. The molecule has 0 radical (unpaired) electrons. The molecule has 2 N–H and O–H groups in total. The van der Waals surface area contributed by atoms with Crippen LogP contribution in [0, 0.1) is 15.3 Å². The zero-order valence-electron chi connectivity index (χ0n) is 8.21. The van der Waals surface area contributed by atoms with Gasteiger partial charge in [0.05, 0.1) is 11.3 Å². The molecule has 1 aliphatic rings. The van der Waals surface area contributed by atoms with E-state index in [-0.39, 0.29) is 6.10 Å². The molecule has 2 unspecified atom stereocenters. The molecule has 0 aromatic carbocycles. The minimum Gasteiger partial charge on any atom is -0.388 e. The smallest absolute Gasteiger partial charge is 0.156 e. The predicted molar refractivity (Wildman–Crippen MR) is 49.6 cm³/mol. The largest absolute Gasteiger partial charge is 0.388 e. The molecule has 0 bridgehead atoms. The number of hydrogen-bond donors (Lipinski definition) is 2. The summed E-state index contributed by atoms with van der Waals surface area (Å²) in [6, 6.07) is 0. The van der Waals surface area contributed by atoms with Crippen LogP contribution in [0.25, 0.3) is 0 Å². The fourth-order valence-corrected chi connectivity index (χ4v) is 1.17. The van der Waals surface area contributed by atoms with Crippen molar-refractivity contribution in [2.45, 2.75) is 13.0 Å². The first-order valence-corrected chi connectivity index (χ1v) is 4.14. The lowest BCUT2D eigenvalue weighted by atomic mass is 10.4. The first-order valence-electron chi connectivity index (χ1n) is 4.14. The molecule has 82 valence electrons. The van der Waals surface area contributed by atoms with E-state index >= 15 is 0 Å². The SMILES string of the molecule is CC(O)C[NH+]1C=CN(C)C1.O=[N+]([O-])[O-]. The molecule has 1 aliphatic heterocycles. The predicted octanol–water partition coefficient (Wildman–Crippen LogP) is -1.61. The number of quaternary nitrogens is 1. The summed E-state index contributed by atoms with van der Waals surface area (Å²) in [7, 11) is 2.03. The Morgan fingerprint density at radius 1 is 1.71 bits per heavy atom. The summed E-state index contributed by atoms with van der Waals surface area (Å²) in [5.74, 6) is 0. The molecular weight excluding hydrogens is 190 g/mol. The number of nitrogens with zero attached hydrogens (tertiary/aromatic N) is 2. The van der Waals surface area contributed by atoms with Crippen LogP contribution in [0.5, 0.6) is 0 Å². The van der Waals surface area contributed by atoms with Crippen LogP contribution in [0.15, 0.2) is 12.4 Å². The van der Waals surface area contributed by atoms with Gasteiger partial charge in [-0.1, -0.05) is 0 Å². The van der Waals surface area contributed by atoms with Crippen LogP contribution in [-0.2, 0) is 0 Å². The maximum atomic E-state index is 9.03. The van der Waals surface area contributed by atoms with Crippen molar-refractivity contribution < 1.29 is 15.1 Å². The standard InChI is InChI=1S/C7H14N2O.NO3/c1-7(10)5-9-4-3-8(2)6-9;2-1(3)4/h3-4,7,10H,5-6H2,1-2H3;/q;-1/p+1. The summed E-state index contributed by atoms with van der Waals surface area (Å²) in [6.45, 7) is 3.60. The third kappa shape index (κ3) is 7.32. The third-order valence-electron chi connectivity index (χ3n) is 1.57. The molecule has 0 aromatic rings. The first kappa shape index (κ1) is 12.7. The van der Waals surface area contributed by atoms with E-state index in [4.69, 9.17) is 20.4 Å². The minimum atomic E-state index is -1.75. The molecule has 0 fully saturated rings. The molecule has 2 atom stereocenters. The van der Waals surface area contributed by atoms with Crippen LogP contribution in [0.4, 0.5) is 0 Å². The Morgan fingerprint density at radius 2 is 2.21 bits per heavy atom. The Bertz CT molecular complexity index is 203. The fraction of sp³-hybridized carbons (Fsp3) is 0.714. The van der Waals surface area contributed by atoms with Crippen LogP contribution in [0.3, 0.4) is 0 Å². The summed E-state index contributed by atoms with van der Waals surface area (Å²) < 4.78 is 0. The van der Waals surface area contributed by atoms with Crippen molar-refractivity contribution >= 4 is 0 Å². The molecule has 7 heteroatoms. The molecule has 0 saturated carbocycles. The molecule has 7 nitrogen and oxygen atoms in total. The van der Waals surface area contributed by atoms with Gasteiger partial charge in [0.15, 0.2) is 6.67 Å². The molecule has 0 amide bonds. The van der Waals surface area contributed by atoms with Crippen molar-refractivity contribution in [3.63, 3.8) is 0 Å². The normalized spacial score (nSPS) is 21.4. The van der Waals surface area contributed by atoms with Gasteiger partial charge >= 0.3 is 0 Å². The van der Waals surface area contributed by atoms with Gasteiger partial charge in [0.25, 0.3) is 0 Å². The average molecular weight is 205 g/mol. The van der Waals surface area contributed by atoms with Crippen LogP contribution >= 0.6 is 0 Å². The van der Waals surface area contributed by atoms with E-state index in [1.165, 1.54) is 4.90 Å². The maximum Gasteiger partial charge on any atom is 0.156 e. The van der Waals surface area contributed by atoms with Crippen LogP contribution in [0.2, 0.25) is 0 Å². The van der Waals surface area contributed by atoms with E-state index in [9.17, 15) is 0 Å². The fourth-order valence-electron chi connectivity index (χ4n) is 1.17. The van der Waals surface area contributed by atoms with E-state index < -0.39 is 5.09 Å². The summed E-state index contributed by atoms with van der Waals surface area (Å²) >= 11 is 0. The van der Waals surface area contributed by atoms with Crippen molar-refractivity contribution in [1.29, 1.82) is 0 Å². The van der Waals surface area contributed by atoms with E-state index in [1.54, 1.807) is 0 Å². The number of aliphatic hydroxyl groups excluding tert-OH is 1. The van der Waals surface area contributed by atoms with Gasteiger partial charge in [0.2, 0.25) is 0 Å². The van der Waals surface area contributed by atoms with Crippen LogP contribution < -0.4 is 4.90 Å². The van der Waals surface area contributed by atoms with Gasteiger partial charge in [0, 0.05) is 7.05 Å². The van der Waals surface area contributed by atoms with Gasteiger partial charge < -0.3 is 25.3 Å². The molecule has 1 heterocycles. The summed E-state index contributed by atoms with van der Waals surface area (Å²) in [4.78, 5) is 11.7. The number of hydrogen-bond acceptors (Lipinski definition) is 5. The highest BCUT2D eigenvalue weighted by Crippen LogP contribution is 1.83. The molecule has 14 heavy (non-hydrogen) atoms. The van der Waals surface area contributed by atoms with E-state index in [0.717, 1.165) is 13.2 Å². The van der Waals surface area contributed by atoms with Gasteiger partial charge in [-0.2, -0.15) is 0 Å². The number of aliphatic hydroxyl groups is 1. The topological polar surface area (TPSA) is 94.1 Å². The van der Waals surface area contributed by atoms with Crippen LogP contribution in [-0.4, -0.2) is 41.5 Å². The van der Waals surface area contributed by atoms with Gasteiger partial charge in [-0.25, -0.2) is 0 Å². The van der Waals surface area contributed by atoms with E-state index in [2.05, 4.69) is 11.1 Å².